The summed E-state index contributed by atoms with van der Waals surface area (Å²) in [5.41, 5.74) is 1.12. The van der Waals surface area contributed by atoms with Crippen molar-refractivity contribution in [2.75, 3.05) is 13.6 Å². The van der Waals surface area contributed by atoms with Crippen LogP contribution in [0.4, 0.5) is 0 Å². The van der Waals surface area contributed by atoms with Gasteiger partial charge in [-0.25, -0.2) is 0 Å². The van der Waals surface area contributed by atoms with Crippen molar-refractivity contribution in [1.82, 2.24) is 5.32 Å². The fourth-order valence-electron chi connectivity index (χ4n) is 2.82. The van der Waals surface area contributed by atoms with Gasteiger partial charge in [-0.1, -0.05) is 23.7 Å². The highest BCUT2D eigenvalue weighted by Gasteiger charge is 2.27. The summed E-state index contributed by atoms with van der Waals surface area (Å²) in [5, 5.41) is 3.95. The van der Waals surface area contributed by atoms with Gasteiger partial charge in [0, 0.05) is 11.6 Å². The molecule has 0 amide bonds. The highest BCUT2D eigenvalue weighted by molar-refractivity contribution is 6.30. The van der Waals surface area contributed by atoms with E-state index in [1.807, 2.05) is 25.2 Å². The van der Waals surface area contributed by atoms with Crippen LogP contribution in [0.15, 0.2) is 24.3 Å². The molecule has 3 unspecified atom stereocenters. The molecule has 1 aliphatic heterocycles. The SMILES string of the molecule is CNCC(OC1CC(C)OC(C)C1)c1cccc(Cl)c1. The average Bonchev–Trinajstić information content (AvgIpc) is 2.37. The molecule has 3 nitrogen and oxygen atoms in total. The zero-order valence-corrected chi connectivity index (χ0v) is 13.2. The second-order valence-corrected chi connectivity index (χ2v) is 6.02. The van der Waals surface area contributed by atoms with Crippen molar-refractivity contribution < 1.29 is 9.47 Å². The highest BCUT2D eigenvalue weighted by atomic mass is 35.5. The van der Waals surface area contributed by atoms with Gasteiger partial charge in [-0.2, -0.15) is 0 Å². The van der Waals surface area contributed by atoms with E-state index in [1.54, 1.807) is 0 Å². The predicted octanol–water partition coefficient (Wildman–Crippen LogP) is 3.57. The van der Waals surface area contributed by atoms with Gasteiger partial charge in [-0.15, -0.1) is 0 Å². The Bertz CT molecular complexity index is 417. The third-order valence-corrected chi connectivity index (χ3v) is 3.86. The number of hydrogen-bond donors (Lipinski definition) is 1. The van der Waals surface area contributed by atoms with Crippen LogP contribution in [0.3, 0.4) is 0 Å². The molecule has 1 saturated heterocycles. The molecule has 0 spiro atoms. The Morgan fingerprint density at radius 1 is 1.35 bits per heavy atom. The molecule has 1 heterocycles. The Labute approximate surface area is 126 Å². The smallest absolute Gasteiger partial charge is 0.0953 e. The average molecular weight is 298 g/mol. The lowest BCUT2D eigenvalue weighted by Crippen LogP contribution is -2.36. The zero-order valence-electron chi connectivity index (χ0n) is 12.4. The van der Waals surface area contributed by atoms with E-state index in [1.165, 1.54) is 0 Å². The number of ether oxygens (including phenoxy) is 2. The van der Waals surface area contributed by atoms with Crippen LogP contribution in [0.2, 0.25) is 5.02 Å². The maximum atomic E-state index is 6.31. The molecule has 112 valence electrons. The second-order valence-electron chi connectivity index (χ2n) is 5.59. The molecule has 1 aromatic rings. The first kappa shape index (κ1) is 15.8. The molecule has 0 aromatic heterocycles. The molecule has 1 aromatic carbocycles. The van der Waals surface area contributed by atoms with E-state index in [2.05, 4.69) is 25.2 Å². The normalized spacial score (nSPS) is 28.3. The molecule has 20 heavy (non-hydrogen) atoms. The van der Waals surface area contributed by atoms with Gasteiger partial charge in [0.2, 0.25) is 0 Å². The summed E-state index contributed by atoms with van der Waals surface area (Å²) >= 11 is 6.08. The first-order valence-electron chi connectivity index (χ1n) is 7.29. The van der Waals surface area contributed by atoms with Gasteiger partial charge in [0.05, 0.1) is 24.4 Å². The van der Waals surface area contributed by atoms with Crippen LogP contribution < -0.4 is 5.32 Å². The Morgan fingerprint density at radius 2 is 2.05 bits per heavy atom. The first-order valence-corrected chi connectivity index (χ1v) is 7.67. The van der Waals surface area contributed by atoms with Crippen LogP contribution in [0.1, 0.15) is 38.4 Å². The lowest BCUT2D eigenvalue weighted by molar-refractivity contribution is -0.121. The second kappa shape index (κ2) is 7.41. The third kappa shape index (κ3) is 4.45. The van der Waals surface area contributed by atoms with Crippen LogP contribution >= 0.6 is 11.6 Å². The van der Waals surface area contributed by atoms with Crippen LogP contribution in [0.25, 0.3) is 0 Å². The summed E-state index contributed by atoms with van der Waals surface area (Å²) in [6.07, 6.45) is 2.69. The Hall–Kier alpha value is -0.610. The minimum Gasteiger partial charge on any atom is -0.375 e. The molecule has 1 fully saturated rings. The molecule has 4 heteroatoms. The van der Waals surface area contributed by atoms with Crippen molar-refractivity contribution in [3.8, 4) is 0 Å². The monoisotopic (exact) mass is 297 g/mol. The minimum atomic E-state index is 0.0289. The molecule has 0 bridgehead atoms. The zero-order chi connectivity index (χ0) is 14.5. The Morgan fingerprint density at radius 3 is 2.65 bits per heavy atom. The summed E-state index contributed by atoms with van der Waals surface area (Å²) in [7, 11) is 1.94. The van der Waals surface area contributed by atoms with Gasteiger partial charge >= 0.3 is 0 Å². The number of hydrogen-bond acceptors (Lipinski definition) is 3. The molecule has 1 N–H and O–H groups in total. The third-order valence-electron chi connectivity index (χ3n) is 3.62. The maximum absolute atomic E-state index is 6.31. The molecule has 1 aliphatic rings. The van der Waals surface area contributed by atoms with Gasteiger partial charge < -0.3 is 14.8 Å². The standard InChI is InChI=1S/C16H24ClNO2/c1-11-7-15(8-12(2)19-11)20-16(10-18-3)13-5-4-6-14(17)9-13/h4-6,9,11-12,15-16,18H,7-8,10H2,1-3H3. The fourth-order valence-corrected chi connectivity index (χ4v) is 3.02. The molecule has 0 aliphatic carbocycles. The van der Waals surface area contributed by atoms with Crippen molar-refractivity contribution in [2.45, 2.75) is 51.1 Å². The first-order chi connectivity index (χ1) is 9.58. The molecular weight excluding hydrogens is 274 g/mol. The fraction of sp³-hybridized carbons (Fsp3) is 0.625. The maximum Gasteiger partial charge on any atom is 0.0953 e. The summed E-state index contributed by atoms with van der Waals surface area (Å²) in [4.78, 5) is 0. The van der Waals surface area contributed by atoms with Gasteiger partial charge in [0.25, 0.3) is 0 Å². The Kier molecular flexibility index (Phi) is 5.85. The van der Waals surface area contributed by atoms with Crippen molar-refractivity contribution in [2.24, 2.45) is 0 Å². The van der Waals surface area contributed by atoms with E-state index in [0.717, 1.165) is 30.0 Å². The van der Waals surface area contributed by atoms with Crippen molar-refractivity contribution in [1.29, 1.82) is 0 Å². The van der Waals surface area contributed by atoms with Crippen LogP contribution in [0, 0.1) is 0 Å². The van der Waals surface area contributed by atoms with Crippen molar-refractivity contribution >= 4 is 11.6 Å². The molecular formula is C16H24ClNO2. The number of nitrogens with one attached hydrogen (secondary N) is 1. The van der Waals surface area contributed by atoms with Crippen molar-refractivity contribution in [3.05, 3.63) is 34.9 Å². The summed E-state index contributed by atoms with van der Waals surface area (Å²) in [5.74, 6) is 0. The molecule has 0 saturated carbocycles. The van der Waals surface area contributed by atoms with Crippen LogP contribution in [0.5, 0.6) is 0 Å². The molecule has 2 rings (SSSR count). The quantitative estimate of drug-likeness (QED) is 0.901. The van der Waals surface area contributed by atoms with E-state index < -0.39 is 0 Å². The summed E-state index contributed by atoms with van der Waals surface area (Å²) < 4.78 is 12.1. The Balaban J connectivity index is 2.05. The molecule has 3 atom stereocenters. The highest BCUT2D eigenvalue weighted by Crippen LogP contribution is 2.28. The van der Waals surface area contributed by atoms with Gasteiger partial charge in [0.15, 0.2) is 0 Å². The number of benzene rings is 1. The molecule has 0 radical (unpaired) electrons. The van der Waals surface area contributed by atoms with E-state index in [-0.39, 0.29) is 24.4 Å². The number of halogens is 1. The van der Waals surface area contributed by atoms with E-state index in [9.17, 15) is 0 Å². The van der Waals surface area contributed by atoms with Gasteiger partial charge in [-0.3, -0.25) is 0 Å². The van der Waals surface area contributed by atoms with Gasteiger partial charge in [-0.05, 0) is 51.4 Å². The lowest BCUT2D eigenvalue weighted by atomic mass is 10.0. The van der Waals surface area contributed by atoms with Crippen molar-refractivity contribution in [3.63, 3.8) is 0 Å². The van der Waals surface area contributed by atoms with E-state index in [0.29, 0.717) is 0 Å². The summed E-state index contributed by atoms with van der Waals surface area (Å²) in [6.45, 7) is 5.00. The van der Waals surface area contributed by atoms with Crippen LogP contribution in [-0.4, -0.2) is 31.9 Å². The lowest BCUT2D eigenvalue weighted by Gasteiger charge is -2.34. The van der Waals surface area contributed by atoms with Crippen LogP contribution in [-0.2, 0) is 9.47 Å². The predicted molar refractivity (Wildman–Crippen MR) is 82.2 cm³/mol. The van der Waals surface area contributed by atoms with E-state index >= 15 is 0 Å². The largest absolute Gasteiger partial charge is 0.375 e. The van der Waals surface area contributed by atoms with Gasteiger partial charge in [0.1, 0.15) is 0 Å². The summed E-state index contributed by atoms with van der Waals surface area (Å²) in [6, 6.07) is 7.91. The number of rotatable bonds is 5. The topological polar surface area (TPSA) is 30.5 Å². The number of likely N-dealkylation sites (N-methyl/N-ethyl adjacent to an activating group) is 1. The minimum absolute atomic E-state index is 0.0289. The van der Waals surface area contributed by atoms with E-state index in [4.69, 9.17) is 21.1 Å².